The van der Waals surface area contributed by atoms with Crippen LogP contribution in [0.4, 0.5) is 11.4 Å². The highest BCUT2D eigenvalue weighted by Gasteiger charge is 2.05. The number of benzene rings is 2. The zero-order valence-electron chi connectivity index (χ0n) is 12.1. The summed E-state index contributed by atoms with van der Waals surface area (Å²) in [5.74, 6) is -0.196. The van der Waals surface area contributed by atoms with E-state index in [1.807, 2.05) is 49.4 Å². The molecule has 0 aliphatic carbocycles. The number of nitrogens with one attached hydrogen (secondary N) is 1. The molecule has 0 aliphatic rings. The second kappa shape index (κ2) is 7.45. The van der Waals surface area contributed by atoms with Crippen LogP contribution in [0.3, 0.4) is 0 Å². The third-order valence-corrected chi connectivity index (χ3v) is 3.09. The van der Waals surface area contributed by atoms with Gasteiger partial charge in [0.15, 0.2) is 0 Å². The summed E-state index contributed by atoms with van der Waals surface area (Å²) in [5.41, 5.74) is 9.28. The van der Waals surface area contributed by atoms with Crippen LogP contribution in [0.5, 0.6) is 0 Å². The molecule has 0 aliphatic heterocycles. The lowest BCUT2D eigenvalue weighted by molar-refractivity contribution is -0.120. The summed E-state index contributed by atoms with van der Waals surface area (Å²) in [6.45, 7) is 2.50. The van der Waals surface area contributed by atoms with Crippen LogP contribution in [0.25, 0.3) is 0 Å². The first-order valence-electron chi connectivity index (χ1n) is 6.93. The highest BCUT2D eigenvalue weighted by Crippen LogP contribution is 2.19. The minimum Gasteiger partial charge on any atom is -0.397 e. The highest BCUT2D eigenvalue weighted by molar-refractivity contribution is 5.94. The summed E-state index contributed by atoms with van der Waals surface area (Å²) in [6.07, 6.45) is 0.792. The first-order chi connectivity index (χ1) is 10.1. The molecule has 4 heteroatoms. The molecule has 3 N–H and O–H groups in total. The number of hydrogen-bond donors (Lipinski definition) is 2. The summed E-state index contributed by atoms with van der Waals surface area (Å²) in [7, 11) is 0. The van der Waals surface area contributed by atoms with Crippen molar-refractivity contribution in [1.82, 2.24) is 0 Å². The van der Waals surface area contributed by atoms with Crippen LogP contribution in [-0.2, 0) is 16.0 Å². The summed E-state index contributed by atoms with van der Waals surface area (Å²) in [5, 5.41) is 2.75. The van der Waals surface area contributed by atoms with E-state index in [1.54, 1.807) is 6.07 Å². The van der Waals surface area contributed by atoms with E-state index in [9.17, 15) is 4.79 Å². The predicted octanol–water partition coefficient (Wildman–Crippen LogP) is 2.78. The average Bonchev–Trinajstić information content (AvgIpc) is 2.48. The first kappa shape index (κ1) is 15.1. The zero-order chi connectivity index (χ0) is 15.1. The van der Waals surface area contributed by atoms with Gasteiger partial charge in [0.1, 0.15) is 6.61 Å². The maximum Gasteiger partial charge on any atom is 0.250 e. The Hall–Kier alpha value is -2.33. The molecule has 2 aromatic carbocycles. The topological polar surface area (TPSA) is 64.3 Å². The number of nitrogen functional groups attached to an aromatic ring is 1. The summed E-state index contributed by atoms with van der Waals surface area (Å²) in [4.78, 5) is 11.8. The minimum absolute atomic E-state index is 0.0279. The maximum atomic E-state index is 11.8. The molecular formula is C17H20N2O2. The maximum absolute atomic E-state index is 11.8. The van der Waals surface area contributed by atoms with Gasteiger partial charge < -0.3 is 15.8 Å². The molecule has 0 heterocycles. The Labute approximate surface area is 124 Å². The molecule has 0 radical (unpaired) electrons. The molecule has 0 atom stereocenters. The Kier molecular flexibility index (Phi) is 5.35. The van der Waals surface area contributed by atoms with Gasteiger partial charge in [0.05, 0.1) is 18.0 Å². The summed E-state index contributed by atoms with van der Waals surface area (Å²) in [6, 6.07) is 15.6. The Balaban J connectivity index is 1.72. The lowest BCUT2D eigenvalue weighted by Crippen LogP contribution is -2.19. The molecule has 110 valence electrons. The van der Waals surface area contributed by atoms with Gasteiger partial charge in [-0.15, -0.1) is 0 Å². The molecule has 4 nitrogen and oxygen atoms in total. The van der Waals surface area contributed by atoms with Crippen LogP contribution in [0.2, 0.25) is 0 Å². The van der Waals surface area contributed by atoms with Gasteiger partial charge in [-0.1, -0.05) is 36.4 Å². The van der Waals surface area contributed by atoms with Crippen LogP contribution < -0.4 is 11.1 Å². The normalized spacial score (nSPS) is 10.3. The SMILES string of the molecule is Cc1ccc(NC(=O)COCCc2ccccc2)c(N)c1. The van der Waals surface area contributed by atoms with E-state index in [1.165, 1.54) is 5.56 Å². The van der Waals surface area contributed by atoms with Gasteiger partial charge in [0.25, 0.3) is 0 Å². The molecule has 1 amide bonds. The van der Waals surface area contributed by atoms with Crippen molar-refractivity contribution >= 4 is 17.3 Å². The van der Waals surface area contributed by atoms with Gasteiger partial charge in [0, 0.05) is 0 Å². The van der Waals surface area contributed by atoms with Crippen molar-refractivity contribution in [3.05, 3.63) is 59.7 Å². The van der Waals surface area contributed by atoms with Gasteiger partial charge in [0.2, 0.25) is 5.91 Å². The Bertz CT molecular complexity index is 597. The monoisotopic (exact) mass is 284 g/mol. The Morgan fingerprint density at radius 2 is 1.95 bits per heavy atom. The van der Waals surface area contributed by atoms with Crippen molar-refractivity contribution in [2.24, 2.45) is 0 Å². The van der Waals surface area contributed by atoms with Crippen LogP contribution in [0.1, 0.15) is 11.1 Å². The van der Waals surface area contributed by atoms with E-state index in [4.69, 9.17) is 10.5 Å². The second-order valence-electron chi connectivity index (χ2n) is 4.93. The number of carbonyl (C=O) groups excluding carboxylic acids is 1. The average molecular weight is 284 g/mol. The molecule has 0 unspecified atom stereocenters. The standard InChI is InChI=1S/C17H20N2O2/c1-13-7-8-16(15(18)11-13)19-17(20)12-21-10-9-14-5-3-2-4-6-14/h2-8,11H,9-10,12,18H2,1H3,(H,19,20). The largest absolute Gasteiger partial charge is 0.397 e. The van der Waals surface area contributed by atoms with Crippen molar-refractivity contribution < 1.29 is 9.53 Å². The third kappa shape index (κ3) is 4.93. The fourth-order valence-corrected chi connectivity index (χ4v) is 1.98. The van der Waals surface area contributed by atoms with Gasteiger partial charge >= 0.3 is 0 Å². The van der Waals surface area contributed by atoms with Gasteiger partial charge in [-0.2, -0.15) is 0 Å². The molecular weight excluding hydrogens is 264 g/mol. The van der Waals surface area contributed by atoms with E-state index >= 15 is 0 Å². The van der Waals surface area contributed by atoms with E-state index in [2.05, 4.69) is 5.32 Å². The minimum atomic E-state index is -0.196. The smallest absolute Gasteiger partial charge is 0.250 e. The molecule has 0 saturated carbocycles. The predicted molar refractivity (Wildman–Crippen MR) is 85.2 cm³/mol. The quantitative estimate of drug-likeness (QED) is 0.633. The number of ether oxygens (including phenoxy) is 1. The number of hydrogen-bond acceptors (Lipinski definition) is 3. The zero-order valence-corrected chi connectivity index (χ0v) is 12.1. The van der Waals surface area contributed by atoms with Crippen molar-refractivity contribution in [3.63, 3.8) is 0 Å². The number of rotatable bonds is 6. The summed E-state index contributed by atoms with van der Waals surface area (Å²) >= 11 is 0. The lowest BCUT2D eigenvalue weighted by atomic mass is 10.2. The number of amides is 1. The van der Waals surface area contributed by atoms with Crippen molar-refractivity contribution in [2.75, 3.05) is 24.3 Å². The molecule has 0 spiro atoms. The van der Waals surface area contributed by atoms with Crippen LogP contribution in [0.15, 0.2) is 48.5 Å². The van der Waals surface area contributed by atoms with E-state index < -0.39 is 0 Å². The van der Waals surface area contributed by atoms with Gasteiger partial charge in [-0.3, -0.25) is 4.79 Å². The van der Waals surface area contributed by atoms with Gasteiger partial charge in [-0.25, -0.2) is 0 Å². The van der Waals surface area contributed by atoms with E-state index in [0.717, 1.165) is 12.0 Å². The molecule has 21 heavy (non-hydrogen) atoms. The lowest BCUT2D eigenvalue weighted by Gasteiger charge is -2.09. The molecule has 0 bridgehead atoms. The Morgan fingerprint density at radius 1 is 1.19 bits per heavy atom. The van der Waals surface area contributed by atoms with Crippen LogP contribution in [-0.4, -0.2) is 19.1 Å². The molecule has 0 saturated heterocycles. The second-order valence-corrected chi connectivity index (χ2v) is 4.93. The fourth-order valence-electron chi connectivity index (χ4n) is 1.98. The fraction of sp³-hybridized carbons (Fsp3) is 0.235. The number of anilines is 2. The van der Waals surface area contributed by atoms with Crippen molar-refractivity contribution in [1.29, 1.82) is 0 Å². The molecule has 2 rings (SSSR count). The highest BCUT2D eigenvalue weighted by atomic mass is 16.5. The van der Waals surface area contributed by atoms with Crippen molar-refractivity contribution in [2.45, 2.75) is 13.3 Å². The first-order valence-corrected chi connectivity index (χ1v) is 6.93. The van der Waals surface area contributed by atoms with E-state index in [0.29, 0.717) is 18.0 Å². The Morgan fingerprint density at radius 3 is 2.67 bits per heavy atom. The van der Waals surface area contributed by atoms with Crippen LogP contribution in [0, 0.1) is 6.92 Å². The summed E-state index contributed by atoms with van der Waals surface area (Å²) < 4.78 is 5.38. The van der Waals surface area contributed by atoms with Crippen LogP contribution >= 0.6 is 0 Å². The van der Waals surface area contributed by atoms with E-state index in [-0.39, 0.29) is 12.5 Å². The number of carbonyl (C=O) groups is 1. The number of nitrogens with two attached hydrogens (primary N) is 1. The molecule has 2 aromatic rings. The van der Waals surface area contributed by atoms with Crippen molar-refractivity contribution in [3.8, 4) is 0 Å². The van der Waals surface area contributed by atoms with Gasteiger partial charge in [-0.05, 0) is 36.6 Å². The molecule has 0 fully saturated rings. The molecule has 0 aromatic heterocycles. The third-order valence-electron chi connectivity index (χ3n) is 3.09. The number of aryl methyl sites for hydroxylation is 1.